The molecule has 1 aromatic carbocycles. The van der Waals surface area contributed by atoms with Crippen molar-refractivity contribution in [2.45, 2.75) is 51.5 Å². The Hall–Kier alpha value is -1.39. The largest absolute Gasteiger partial charge is 0.339 e. The van der Waals surface area contributed by atoms with Crippen molar-refractivity contribution < 1.29 is 4.52 Å². The van der Waals surface area contributed by atoms with Crippen LogP contribution in [0.1, 0.15) is 56.3 Å². The van der Waals surface area contributed by atoms with E-state index in [1.165, 1.54) is 0 Å². The summed E-state index contributed by atoms with van der Waals surface area (Å²) in [4.78, 5) is 4.48. The van der Waals surface area contributed by atoms with Gasteiger partial charge in [0, 0.05) is 23.4 Å². The molecule has 0 aliphatic heterocycles. The normalized spacial score (nSPS) is 14.1. The highest BCUT2D eigenvalue weighted by atomic mass is 35.5. The zero-order chi connectivity index (χ0) is 15.2. The second kappa shape index (κ2) is 7.57. The van der Waals surface area contributed by atoms with Crippen LogP contribution in [0.15, 0.2) is 28.8 Å². The van der Waals surface area contributed by atoms with E-state index in [0.29, 0.717) is 18.1 Å². The van der Waals surface area contributed by atoms with Crippen molar-refractivity contribution in [3.63, 3.8) is 0 Å². The van der Waals surface area contributed by atoms with Crippen molar-refractivity contribution in [2.75, 3.05) is 0 Å². The first kappa shape index (κ1) is 16.0. The molecule has 0 saturated heterocycles. The van der Waals surface area contributed by atoms with Crippen LogP contribution in [0.2, 0.25) is 5.02 Å². The molecule has 2 N–H and O–H groups in total. The number of benzene rings is 1. The van der Waals surface area contributed by atoms with Crippen molar-refractivity contribution in [1.29, 1.82) is 0 Å². The SMILES string of the molecule is CC(N)CCCC(C)c1nc(Cc2cccc(Cl)c2)no1. The van der Waals surface area contributed by atoms with Crippen LogP contribution in [0.25, 0.3) is 0 Å². The standard InChI is InChI=1S/C16H22ClN3O/c1-11(5-3-6-12(2)18)16-19-15(20-21-16)10-13-7-4-8-14(17)9-13/h4,7-9,11-12H,3,5-6,10,18H2,1-2H3. The summed E-state index contributed by atoms with van der Waals surface area (Å²) in [5.74, 6) is 1.67. The number of hydrogen-bond acceptors (Lipinski definition) is 4. The molecule has 4 nitrogen and oxygen atoms in total. The third-order valence-electron chi connectivity index (χ3n) is 3.45. The van der Waals surface area contributed by atoms with E-state index in [-0.39, 0.29) is 12.0 Å². The fraction of sp³-hybridized carbons (Fsp3) is 0.500. The van der Waals surface area contributed by atoms with Crippen molar-refractivity contribution in [3.05, 3.63) is 46.6 Å². The number of nitrogens with zero attached hydrogens (tertiary/aromatic N) is 2. The number of aromatic nitrogens is 2. The number of halogens is 1. The van der Waals surface area contributed by atoms with E-state index in [4.69, 9.17) is 21.9 Å². The Balaban J connectivity index is 1.91. The predicted molar refractivity (Wildman–Crippen MR) is 84.5 cm³/mol. The minimum Gasteiger partial charge on any atom is -0.339 e. The molecule has 21 heavy (non-hydrogen) atoms. The molecular formula is C16H22ClN3O. The molecule has 0 amide bonds. The molecule has 2 aromatic rings. The zero-order valence-corrected chi connectivity index (χ0v) is 13.3. The average molecular weight is 308 g/mol. The first-order valence-electron chi connectivity index (χ1n) is 7.37. The molecule has 0 saturated carbocycles. The summed E-state index contributed by atoms with van der Waals surface area (Å²) in [5.41, 5.74) is 6.84. The van der Waals surface area contributed by atoms with Crippen LogP contribution in [0.3, 0.4) is 0 Å². The van der Waals surface area contributed by atoms with Crippen LogP contribution in [-0.2, 0) is 6.42 Å². The maximum atomic E-state index is 5.97. The lowest BCUT2D eigenvalue weighted by Gasteiger charge is -2.07. The van der Waals surface area contributed by atoms with Crippen molar-refractivity contribution in [2.24, 2.45) is 5.73 Å². The van der Waals surface area contributed by atoms with Crippen LogP contribution in [0.5, 0.6) is 0 Å². The van der Waals surface area contributed by atoms with Gasteiger partial charge in [0.1, 0.15) is 0 Å². The monoisotopic (exact) mass is 307 g/mol. The van der Waals surface area contributed by atoms with Gasteiger partial charge in [-0.05, 0) is 37.5 Å². The Bertz CT molecular complexity index is 568. The molecule has 114 valence electrons. The second-order valence-electron chi connectivity index (χ2n) is 5.66. The highest BCUT2D eigenvalue weighted by Crippen LogP contribution is 2.21. The van der Waals surface area contributed by atoms with Gasteiger partial charge >= 0.3 is 0 Å². The summed E-state index contributed by atoms with van der Waals surface area (Å²) in [5, 5.41) is 4.77. The maximum Gasteiger partial charge on any atom is 0.229 e. The first-order valence-corrected chi connectivity index (χ1v) is 7.75. The highest BCUT2D eigenvalue weighted by molar-refractivity contribution is 6.30. The Morgan fingerprint density at radius 2 is 2.10 bits per heavy atom. The predicted octanol–water partition coefficient (Wildman–Crippen LogP) is 3.93. The second-order valence-corrected chi connectivity index (χ2v) is 6.10. The topological polar surface area (TPSA) is 64.9 Å². The molecular weight excluding hydrogens is 286 g/mol. The molecule has 0 spiro atoms. The van der Waals surface area contributed by atoms with Gasteiger partial charge in [-0.15, -0.1) is 0 Å². The third-order valence-corrected chi connectivity index (χ3v) is 3.69. The van der Waals surface area contributed by atoms with Crippen molar-refractivity contribution >= 4 is 11.6 Å². The van der Waals surface area contributed by atoms with Gasteiger partial charge in [0.15, 0.2) is 5.82 Å². The Labute approximate surface area is 130 Å². The molecule has 0 radical (unpaired) electrons. The number of nitrogens with two attached hydrogens (primary N) is 1. The van der Waals surface area contributed by atoms with Gasteiger partial charge in [-0.2, -0.15) is 4.98 Å². The van der Waals surface area contributed by atoms with Crippen LogP contribution in [0, 0.1) is 0 Å². The van der Waals surface area contributed by atoms with E-state index < -0.39 is 0 Å². The summed E-state index contributed by atoms with van der Waals surface area (Å²) < 4.78 is 5.36. The van der Waals surface area contributed by atoms with Crippen molar-refractivity contribution in [1.82, 2.24) is 10.1 Å². The molecule has 2 rings (SSSR count). The van der Waals surface area contributed by atoms with Gasteiger partial charge in [-0.3, -0.25) is 0 Å². The smallest absolute Gasteiger partial charge is 0.229 e. The van der Waals surface area contributed by atoms with Crippen molar-refractivity contribution in [3.8, 4) is 0 Å². The highest BCUT2D eigenvalue weighted by Gasteiger charge is 2.14. The van der Waals surface area contributed by atoms with Crippen LogP contribution in [0.4, 0.5) is 0 Å². The average Bonchev–Trinajstić information content (AvgIpc) is 2.87. The zero-order valence-electron chi connectivity index (χ0n) is 12.6. The molecule has 1 heterocycles. The summed E-state index contributed by atoms with van der Waals surface area (Å²) in [7, 11) is 0. The Kier molecular flexibility index (Phi) is 5.76. The molecule has 5 heteroatoms. The lowest BCUT2D eigenvalue weighted by molar-refractivity contribution is 0.346. The van der Waals surface area contributed by atoms with Gasteiger partial charge < -0.3 is 10.3 Å². The summed E-state index contributed by atoms with van der Waals surface area (Å²) in [6.45, 7) is 4.14. The molecule has 2 unspecified atom stereocenters. The van der Waals surface area contributed by atoms with Gasteiger partial charge in [0.25, 0.3) is 0 Å². The molecule has 2 atom stereocenters. The van der Waals surface area contributed by atoms with Gasteiger partial charge in [0.05, 0.1) is 0 Å². The fourth-order valence-corrected chi connectivity index (χ4v) is 2.45. The Morgan fingerprint density at radius 3 is 2.81 bits per heavy atom. The molecule has 1 aromatic heterocycles. The maximum absolute atomic E-state index is 5.97. The quantitative estimate of drug-likeness (QED) is 0.841. The van der Waals surface area contributed by atoms with Crippen LogP contribution in [-0.4, -0.2) is 16.2 Å². The van der Waals surface area contributed by atoms with Crippen LogP contribution < -0.4 is 5.73 Å². The van der Waals surface area contributed by atoms with E-state index in [0.717, 1.165) is 29.8 Å². The number of rotatable bonds is 7. The van der Waals surface area contributed by atoms with Gasteiger partial charge in [0.2, 0.25) is 5.89 Å². The molecule has 0 bridgehead atoms. The fourth-order valence-electron chi connectivity index (χ4n) is 2.24. The Morgan fingerprint density at radius 1 is 1.29 bits per heavy atom. The van der Waals surface area contributed by atoms with Gasteiger partial charge in [-0.1, -0.05) is 42.2 Å². The summed E-state index contributed by atoms with van der Waals surface area (Å²) >= 11 is 5.97. The molecule has 0 aliphatic rings. The van der Waals surface area contributed by atoms with Crippen LogP contribution >= 0.6 is 11.6 Å². The third kappa shape index (κ3) is 5.14. The summed E-state index contributed by atoms with van der Waals surface area (Å²) in [6, 6.07) is 7.96. The number of hydrogen-bond donors (Lipinski definition) is 1. The minimum atomic E-state index is 0.248. The summed E-state index contributed by atoms with van der Waals surface area (Å²) in [6.07, 6.45) is 3.75. The van der Waals surface area contributed by atoms with E-state index in [2.05, 4.69) is 17.1 Å². The lowest BCUT2D eigenvalue weighted by atomic mass is 10.0. The lowest BCUT2D eigenvalue weighted by Crippen LogP contribution is -2.14. The first-order chi connectivity index (χ1) is 10.0. The molecule has 0 aliphatic carbocycles. The van der Waals surface area contributed by atoms with Gasteiger partial charge in [-0.25, -0.2) is 0 Å². The van der Waals surface area contributed by atoms with E-state index in [1.807, 2.05) is 31.2 Å². The molecule has 0 fully saturated rings. The van der Waals surface area contributed by atoms with E-state index in [1.54, 1.807) is 0 Å². The van der Waals surface area contributed by atoms with E-state index in [9.17, 15) is 0 Å². The van der Waals surface area contributed by atoms with E-state index >= 15 is 0 Å². The minimum absolute atomic E-state index is 0.248.